The van der Waals surface area contributed by atoms with Crippen LogP contribution in [-0.4, -0.2) is 41.9 Å². The summed E-state index contributed by atoms with van der Waals surface area (Å²) in [6.07, 6.45) is 2.56. The number of rotatable bonds is 9. The summed E-state index contributed by atoms with van der Waals surface area (Å²) < 4.78 is 40.0. The fraction of sp³-hybridized carbons (Fsp3) is 0.190. The molecule has 8 nitrogen and oxygen atoms in total. The lowest BCUT2D eigenvalue weighted by atomic mass is 10.1. The molecule has 0 aliphatic heterocycles. The molecule has 2 aromatic carbocycles. The summed E-state index contributed by atoms with van der Waals surface area (Å²) in [4.78, 5) is 16.5. The van der Waals surface area contributed by atoms with Crippen molar-refractivity contribution < 1.29 is 27.8 Å². The number of carbonyl (C=O) groups excluding carboxylic acids is 1. The number of hydrogen-bond donors (Lipinski definition) is 2. The van der Waals surface area contributed by atoms with Gasteiger partial charge in [0.15, 0.2) is 17.3 Å². The number of aromatic amines is 1. The second-order valence-corrected chi connectivity index (χ2v) is 6.14. The zero-order valence-corrected chi connectivity index (χ0v) is 16.8. The average Bonchev–Trinajstić information content (AvgIpc) is 3.25. The maximum Gasteiger partial charge on any atom is 0.387 e. The average molecular weight is 430 g/mol. The summed E-state index contributed by atoms with van der Waals surface area (Å²) in [6.45, 7) is -2.92. The van der Waals surface area contributed by atoms with E-state index in [-0.39, 0.29) is 23.6 Å². The fourth-order valence-electron chi connectivity index (χ4n) is 2.68. The Bertz CT molecular complexity index is 1050. The van der Waals surface area contributed by atoms with Gasteiger partial charge >= 0.3 is 6.61 Å². The molecule has 0 aliphatic rings. The number of ether oxygens (including phenoxy) is 3. The Labute approximate surface area is 176 Å². The Hall–Kier alpha value is -3.95. The number of halogens is 2. The Morgan fingerprint density at radius 1 is 1.16 bits per heavy atom. The minimum atomic E-state index is -3.02. The van der Waals surface area contributed by atoms with Crippen molar-refractivity contribution in [3.8, 4) is 28.6 Å². The molecule has 0 bridgehead atoms. The van der Waals surface area contributed by atoms with Crippen LogP contribution in [0.25, 0.3) is 17.5 Å². The van der Waals surface area contributed by atoms with E-state index < -0.39 is 12.5 Å². The summed E-state index contributed by atoms with van der Waals surface area (Å²) in [5.41, 5.74) is 1.07. The summed E-state index contributed by atoms with van der Waals surface area (Å²) in [6, 6.07) is 11.8. The zero-order chi connectivity index (χ0) is 22.2. The van der Waals surface area contributed by atoms with Crippen molar-refractivity contribution in [3.63, 3.8) is 0 Å². The molecule has 31 heavy (non-hydrogen) atoms. The molecule has 162 valence electrons. The molecule has 0 aliphatic carbocycles. The van der Waals surface area contributed by atoms with Crippen molar-refractivity contribution >= 4 is 12.0 Å². The van der Waals surface area contributed by atoms with Crippen LogP contribution >= 0.6 is 0 Å². The molecule has 1 heterocycles. The number of carbonyl (C=O) groups is 1. The molecule has 10 heteroatoms. The SMILES string of the molecule is COc1ccc(-c2n[nH]c(CNC(=O)/C=C/c3cccc(OC)c3OC(F)F)n2)cc1. The van der Waals surface area contributed by atoms with Crippen molar-refractivity contribution in [3.05, 3.63) is 59.9 Å². The number of aromatic nitrogens is 3. The molecule has 0 saturated carbocycles. The summed E-state index contributed by atoms with van der Waals surface area (Å²) in [5, 5.41) is 9.52. The van der Waals surface area contributed by atoms with Gasteiger partial charge in [-0.25, -0.2) is 4.98 Å². The molecule has 2 N–H and O–H groups in total. The number of nitrogens with one attached hydrogen (secondary N) is 2. The van der Waals surface area contributed by atoms with E-state index in [0.29, 0.717) is 11.6 Å². The van der Waals surface area contributed by atoms with Gasteiger partial charge in [0.1, 0.15) is 11.6 Å². The number of para-hydroxylation sites is 1. The molecule has 1 aromatic heterocycles. The van der Waals surface area contributed by atoms with Crippen molar-refractivity contribution in [2.24, 2.45) is 0 Å². The van der Waals surface area contributed by atoms with Crippen LogP contribution in [0, 0.1) is 0 Å². The van der Waals surface area contributed by atoms with Crippen LogP contribution in [0.2, 0.25) is 0 Å². The van der Waals surface area contributed by atoms with Crippen molar-refractivity contribution in [2.45, 2.75) is 13.2 Å². The highest BCUT2D eigenvalue weighted by Gasteiger charge is 2.14. The maximum atomic E-state index is 12.7. The largest absolute Gasteiger partial charge is 0.497 e. The second kappa shape index (κ2) is 10.2. The highest BCUT2D eigenvalue weighted by molar-refractivity contribution is 5.92. The number of amides is 1. The standard InChI is InChI=1S/C21H20F2N4O4/c1-29-15-9-6-14(7-10-15)20-25-17(26-27-20)12-24-18(28)11-8-13-4-3-5-16(30-2)19(13)31-21(22)23/h3-11,21H,12H2,1-2H3,(H,24,28)(H,25,26,27)/b11-8+. The molecular formula is C21H20F2N4O4. The molecule has 3 rings (SSSR count). The van der Waals surface area contributed by atoms with Gasteiger partial charge in [-0.15, -0.1) is 0 Å². The number of alkyl halides is 2. The van der Waals surface area contributed by atoms with Crippen LogP contribution in [0.15, 0.2) is 48.5 Å². The van der Waals surface area contributed by atoms with Gasteiger partial charge < -0.3 is 19.5 Å². The first-order chi connectivity index (χ1) is 15.0. The Morgan fingerprint density at radius 2 is 1.94 bits per heavy atom. The lowest BCUT2D eigenvalue weighted by Crippen LogP contribution is -2.21. The maximum absolute atomic E-state index is 12.7. The number of methoxy groups -OCH3 is 2. The third kappa shape index (κ3) is 5.78. The minimum absolute atomic E-state index is 0.102. The summed E-state index contributed by atoms with van der Waals surface area (Å²) >= 11 is 0. The van der Waals surface area contributed by atoms with Crippen molar-refractivity contribution in [1.29, 1.82) is 0 Å². The van der Waals surface area contributed by atoms with Crippen LogP contribution in [-0.2, 0) is 11.3 Å². The first-order valence-corrected chi connectivity index (χ1v) is 9.13. The molecule has 0 atom stereocenters. The van der Waals surface area contributed by atoms with Gasteiger partial charge in [-0.3, -0.25) is 9.89 Å². The Morgan fingerprint density at radius 3 is 2.61 bits per heavy atom. The predicted molar refractivity (Wildman–Crippen MR) is 109 cm³/mol. The quantitative estimate of drug-likeness (QED) is 0.505. The lowest BCUT2D eigenvalue weighted by Gasteiger charge is -2.12. The van der Waals surface area contributed by atoms with E-state index in [4.69, 9.17) is 9.47 Å². The number of benzene rings is 2. The van der Waals surface area contributed by atoms with E-state index in [1.54, 1.807) is 25.3 Å². The van der Waals surface area contributed by atoms with Gasteiger partial charge in [-0.2, -0.15) is 13.9 Å². The van der Waals surface area contributed by atoms with E-state index in [1.807, 2.05) is 12.1 Å². The monoisotopic (exact) mass is 430 g/mol. The van der Waals surface area contributed by atoms with E-state index in [9.17, 15) is 13.6 Å². The van der Waals surface area contributed by atoms with E-state index in [1.165, 1.54) is 31.4 Å². The fourth-order valence-corrected chi connectivity index (χ4v) is 2.68. The molecule has 0 saturated heterocycles. The van der Waals surface area contributed by atoms with Crippen molar-refractivity contribution in [1.82, 2.24) is 20.5 Å². The van der Waals surface area contributed by atoms with Crippen LogP contribution < -0.4 is 19.5 Å². The van der Waals surface area contributed by atoms with E-state index in [2.05, 4.69) is 25.2 Å². The van der Waals surface area contributed by atoms with Gasteiger partial charge in [0, 0.05) is 17.2 Å². The minimum Gasteiger partial charge on any atom is -0.497 e. The van der Waals surface area contributed by atoms with Gasteiger partial charge in [-0.05, 0) is 36.4 Å². The van der Waals surface area contributed by atoms with Crippen LogP contribution in [0.3, 0.4) is 0 Å². The molecular weight excluding hydrogens is 410 g/mol. The summed E-state index contributed by atoms with van der Waals surface area (Å²) in [5.74, 6) is 1.19. The van der Waals surface area contributed by atoms with E-state index in [0.717, 1.165) is 11.3 Å². The molecule has 0 radical (unpaired) electrons. The molecule has 0 unspecified atom stereocenters. The summed E-state index contributed by atoms with van der Waals surface area (Å²) in [7, 11) is 2.92. The molecule has 0 spiro atoms. The van der Waals surface area contributed by atoms with Crippen LogP contribution in [0.5, 0.6) is 17.2 Å². The normalized spacial score (nSPS) is 11.0. The van der Waals surface area contributed by atoms with Crippen LogP contribution in [0.4, 0.5) is 8.78 Å². The van der Waals surface area contributed by atoms with Gasteiger partial charge in [-0.1, -0.05) is 12.1 Å². The lowest BCUT2D eigenvalue weighted by molar-refractivity contribution is -0.116. The second-order valence-electron chi connectivity index (χ2n) is 6.14. The first kappa shape index (κ1) is 21.8. The highest BCUT2D eigenvalue weighted by Crippen LogP contribution is 2.33. The Balaban J connectivity index is 1.62. The van der Waals surface area contributed by atoms with Crippen molar-refractivity contribution in [2.75, 3.05) is 14.2 Å². The highest BCUT2D eigenvalue weighted by atomic mass is 19.3. The molecule has 0 fully saturated rings. The topological polar surface area (TPSA) is 98.4 Å². The first-order valence-electron chi connectivity index (χ1n) is 9.13. The number of nitrogens with zero attached hydrogens (tertiary/aromatic N) is 2. The smallest absolute Gasteiger partial charge is 0.387 e. The van der Waals surface area contributed by atoms with Gasteiger partial charge in [0.25, 0.3) is 0 Å². The third-order valence-corrected chi connectivity index (χ3v) is 4.16. The van der Waals surface area contributed by atoms with Gasteiger partial charge in [0.2, 0.25) is 5.91 Å². The number of hydrogen-bond acceptors (Lipinski definition) is 6. The van der Waals surface area contributed by atoms with Gasteiger partial charge in [0.05, 0.1) is 20.8 Å². The predicted octanol–water partition coefficient (Wildman–Crippen LogP) is 3.42. The number of H-pyrrole nitrogens is 1. The molecule has 1 amide bonds. The molecule has 3 aromatic rings. The van der Waals surface area contributed by atoms with Crippen LogP contribution in [0.1, 0.15) is 11.4 Å². The third-order valence-electron chi connectivity index (χ3n) is 4.16. The zero-order valence-electron chi connectivity index (χ0n) is 16.8. The Kier molecular flexibility index (Phi) is 7.15. The van der Waals surface area contributed by atoms with E-state index >= 15 is 0 Å².